The first-order chi connectivity index (χ1) is 13.7. The number of aromatic nitrogens is 1. The third-order valence-corrected chi connectivity index (χ3v) is 5.80. The van der Waals surface area contributed by atoms with E-state index in [0.717, 1.165) is 43.2 Å². The van der Waals surface area contributed by atoms with Gasteiger partial charge < -0.3 is 24.3 Å². The van der Waals surface area contributed by atoms with Gasteiger partial charge in [-0.2, -0.15) is 0 Å². The highest BCUT2D eigenvalue weighted by molar-refractivity contribution is 5.57. The molecule has 0 aliphatic carbocycles. The van der Waals surface area contributed by atoms with E-state index >= 15 is 0 Å². The number of piperidine rings is 1. The molecular weight excluding hydrogens is 354 g/mol. The Balaban J connectivity index is 1.68. The summed E-state index contributed by atoms with van der Waals surface area (Å²) >= 11 is 0. The van der Waals surface area contributed by atoms with Gasteiger partial charge in [-0.3, -0.25) is 4.79 Å². The molecule has 2 saturated heterocycles. The highest BCUT2D eigenvalue weighted by Gasteiger charge is 2.27. The van der Waals surface area contributed by atoms with Crippen LogP contribution >= 0.6 is 0 Å². The molecular formula is C22H29N3O3. The van der Waals surface area contributed by atoms with Crippen LogP contribution in [0.15, 0.2) is 41.2 Å². The summed E-state index contributed by atoms with van der Waals surface area (Å²) in [6.45, 7) is 5.27. The van der Waals surface area contributed by atoms with Gasteiger partial charge in [-0.1, -0.05) is 12.1 Å². The van der Waals surface area contributed by atoms with Crippen LogP contribution in [0.1, 0.15) is 37.8 Å². The molecule has 0 amide bonds. The van der Waals surface area contributed by atoms with Crippen LogP contribution in [0.25, 0.3) is 0 Å². The predicted octanol–water partition coefficient (Wildman–Crippen LogP) is 3.34. The van der Waals surface area contributed by atoms with Crippen molar-refractivity contribution in [3.05, 3.63) is 52.3 Å². The fourth-order valence-corrected chi connectivity index (χ4v) is 4.36. The zero-order valence-electron chi connectivity index (χ0n) is 16.7. The lowest BCUT2D eigenvalue weighted by atomic mass is 9.95. The number of ether oxygens (including phenoxy) is 2. The number of hydrogen-bond donors (Lipinski definition) is 1. The molecule has 3 heterocycles. The van der Waals surface area contributed by atoms with E-state index in [1.807, 2.05) is 12.1 Å². The summed E-state index contributed by atoms with van der Waals surface area (Å²) in [6, 6.07) is 12.6. The van der Waals surface area contributed by atoms with E-state index in [0.29, 0.717) is 13.2 Å². The van der Waals surface area contributed by atoms with Crippen LogP contribution in [0.5, 0.6) is 5.75 Å². The van der Waals surface area contributed by atoms with Gasteiger partial charge in [0.25, 0.3) is 5.56 Å². The Labute approximate surface area is 166 Å². The van der Waals surface area contributed by atoms with Gasteiger partial charge in [0.1, 0.15) is 11.6 Å². The summed E-state index contributed by atoms with van der Waals surface area (Å²) in [5, 5.41) is 0. The van der Waals surface area contributed by atoms with E-state index in [1.54, 1.807) is 13.2 Å². The molecule has 2 aliphatic rings. The summed E-state index contributed by atoms with van der Waals surface area (Å²) < 4.78 is 11.0. The second-order valence-electron chi connectivity index (χ2n) is 7.69. The average Bonchev–Trinajstić information content (AvgIpc) is 2.73. The first-order valence-electron chi connectivity index (χ1n) is 10.1. The molecule has 1 aromatic carbocycles. The number of hydrogen-bond acceptors (Lipinski definition) is 5. The molecule has 0 saturated carbocycles. The molecule has 0 spiro atoms. The molecule has 2 aromatic rings. The van der Waals surface area contributed by atoms with E-state index in [-0.39, 0.29) is 17.6 Å². The Morgan fingerprint density at radius 2 is 2.04 bits per heavy atom. The first kappa shape index (κ1) is 18.9. The fraction of sp³-hybridized carbons (Fsp3) is 0.500. The zero-order chi connectivity index (χ0) is 19.5. The number of H-pyrrole nitrogens is 1. The lowest BCUT2D eigenvalue weighted by Gasteiger charge is -2.39. The summed E-state index contributed by atoms with van der Waals surface area (Å²) in [4.78, 5) is 20.2. The molecule has 0 bridgehead atoms. The molecule has 2 fully saturated rings. The van der Waals surface area contributed by atoms with E-state index < -0.39 is 0 Å². The maximum Gasteiger partial charge on any atom is 0.251 e. The van der Waals surface area contributed by atoms with E-state index in [9.17, 15) is 4.79 Å². The Hall–Kier alpha value is -2.47. The summed E-state index contributed by atoms with van der Waals surface area (Å²) in [5.74, 6) is 1.76. The number of morpholine rings is 1. The third-order valence-electron chi connectivity index (χ3n) is 5.80. The van der Waals surface area contributed by atoms with Crippen molar-refractivity contribution in [1.82, 2.24) is 4.98 Å². The number of nitrogens with zero attached hydrogens (tertiary/aromatic N) is 2. The fourth-order valence-electron chi connectivity index (χ4n) is 4.36. The van der Waals surface area contributed by atoms with Crippen molar-refractivity contribution in [1.29, 1.82) is 0 Å². The van der Waals surface area contributed by atoms with Gasteiger partial charge in [-0.05, 0) is 43.9 Å². The minimum Gasteiger partial charge on any atom is -0.497 e. The lowest BCUT2D eigenvalue weighted by molar-refractivity contribution is 0.0989. The summed E-state index contributed by atoms with van der Waals surface area (Å²) in [7, 11) is 1.70. The van der Waals surface area contributed by atoms with Crippen molar-refractivity contribution >= 4 is 11.5 Å². The SMILES string of the molecule is COc1cccc([C@H]2CCCCN2c2cc(N3CCOC[C@H]3C)cc(=O)[nH]2)c1. The lowest BCUT2D eigenvalue weighted by Crippen LogP contribution is -2.44. The van der Waals surface area contributed by atoms with Crippen LogP contribution in [0.4, 0.5) is 11.5 Å². The minimum absolute atomic E-state index is 0.0545. The molecule has 4 rings (SSSR count). The Kier molecular flexibility index (Phi) is 5.57. The van der Waals surface area contributed by atoms with Gasteiger partial charge in [-0.15, -0.1) is 0 Å². The molecule has 6 nitrogen and oxygen atoms in total. The van der Waals surface area contributed by atoms with Crippen LogP contribution in [-0.4, -0.2) is 44.4 Å². The van der Waals surface area contributed by atoms with Crippen molar-refractivity contribution in [2.75, 3.05) is 43.2 Å². The van der Waals surface area contributed by atoms with Crippen LogP contribution in [0.2, 0.25) is 0 Å². The Morgan fingerprint density at radius 1 is 1.14 bits per heavy atom. The van der Waals surface area contributed by atoms with E-state index in [1.165, 1.54) is 12.0 Å². The smallest absolute Gasteiger partial charge is 0.251 e. The second kappa shape index (κ2) is 8.27. The number of benzene rings is 1. The summed E-state index contributed by atoms with van der Waals surface area (Å²) in [6.07, 6.45) is 3.37. The maximum atomic E-state index is 12.5. The molecule has 6 heteroatoms. The molecule has 1 N–H and O–H groups in total. The van der Waals surface area contributed by atoms with Gasteiger partial charge in [-0.25, -0.2) is 0 Å². The quantitative estimate of drug-likeness (QED) is 0.878. The highest BCUT2D eigenvalue weighted by atomic mass is 16.5. The van der Waals surface area contributed by atoms with Gasteiger partial charge in [0.2, 0.25) is 0 Å². The number of methoxy groups -OCH3 is 1. The number of nitrogens with one attached hydrogen (secondary N) is 1. The second-order valence-corrected chi connectivity index (χ2v) is 7.69. The van der Waals surface area contributed by atoms with Crippen molar-refractivity contribution in [2.45, 2.75) is 38.3 Å². The van der Waals surface area contributed by atoms with Crippen molar-refractivity contribution in [3.8, 4) is 5.75 Å². The number of rotatable bonds is 4. The minimum atomic E-state index is -0.0545. The number of pyridine rings is 1. The molecule has 0 radical (unpaired) electrons. The predicted molar refractivity (Wildman–Crippen MR) is 112 cm³/mol. The van der Waals surface area contributed by atoms with E-state index in [4.69, 9.17) is 9.47 Å². The number of aromatic amines is 1. The van der Waals surface area contributed by atoms with Gasteiger partial charge in [0, 0.05) is 37.0 Å². The molecule has 2 atom stereocenters. The van der Waals surface area contributed by atoms with Crippen molar-refractivity contribution in [3.63, 3.8) is 0 Å². The topological polar surface area (TPSA) is 57.8 Å². The Bertz CT molecular complexity index is 866. The van der Waals surface area contributed by atoms with Crippen molar-refractivity contribution in [2.24, 2.45) is 0 Å². The molecule has 0 unspecified atom stereocenters. The van der Waals surface area contributed by atoms with Crippen LogP contribution < -0.4 is 20.1 Å². The normalized spacial score (nSPS) is 22.9. The van der Waals surface area contributed by atoms with Crippen LogP contribution in [0, 0.1) is 0 Å². The largest absolute Gasteiger partial charge is 0.497 e. The van der Waals surface area contributed by atoms with Crippen LogP contribution in [-0.2, 0) is 4.74 Å². The van der Waals surface area contributed by atoms with Gasteiger partial charge >= 0.3 is 0 Å². The molecule has 2 aliphatic heterocycles. The monoisotopic (exact) mass is 383 g/mol. The van der Waals surface area contributed by atoms with Crippen molar-refractivity contribution < 1.29 is 9.47 Å². The van der Waals surface area contributed by atoms with E-state index in [2.05, 4.69) is 39.9 Å². The van der Waals surface area contributed by atoms with Gasteiger partial charge in [0.15, 0.2) is 0 Å². The standard InChI is InChI=1S/C22H29N3O3/c1-16-15-28-11-10-24(16)18-13-21(23-22(26)14-18)25-9-4-3-8-20(25)17-6-5-7-19(12-17)27-2/h5-7,12-14,16,20H,3-4,8-11,15H2,1-2H3,(H,23,26)/t16-,20-/m1/s1. The molecule has 28 heavy (non-hydrogen) atoms. The molecule has 150 valence electrons. The van der Waals surface area contributed by atoms with Crippen LogP contribution in [0.3, 0.4) is 0 Å². The zero-order valence-corrected chi connectivity index (χ0v) is 16.7. The third kappa shape index (κ3) is 3.87. The highest BCUT2D eigenvalue weighted by Crippen LogP contribution is 2.36. The maximum absolute atomic E-state index is 12.5. The molecule has 1 aromatic heterocycles. The first-order valence-corrected chi connectivity index (χ1v) is 10.1. The number of anilines is 2. The average molecular weight is 383 g/mol. The summed E-state index contributed by atoms with van der Waals surface area (Å²) in [5.41, 5.74) is 2.15. The Morgan fingerprint density at radius 3 is 2.86 bits per heavy atom. The van der Waals surface area contributed by atoms with Gasteiger partial charge in [0.05, 0.1) is 26.4 Å².